The van der Waals surface area contributed by atoms with Crippen LogP contribution in [0.25, 0.3) is 0 Å². The van der Waals surface area contributed by atoms with Crippen LogP contribution in [-0.4, -0.2) is 20.1 Å². The number of sulfonamides is 1. The molecular formula is C18H23ClN2O4S2. The van der Waals surface area contributed by atoms with E-state index in [-0.39, 0.29) is 15.0 Å². The summed E-state index contributed by atoms with van der Waals surface area (Å²) < 4.78 is 34.5. The van der Waals surface area contributed by atoms with Gasteiger partial charge in [-0.2, -0.15) is 0 Å². The van der Waals surface area contributed by atoms with Crippen LogP contribution in [0, 0.1) is 5.92 Å². The predicted molar refractivity (Wildman–Crippen MR) is 111 cm³/mol. The maximum Gasteiger partial charge on any atom is 0.239 e. The SMILES string of the molecule is CC(C)CCCOC(=S)c1cc(S(N)(=O)=O)c(Cl)cc1NCc1ccco1. The van der Waals surface area contributed by atoms with Gasteiger partial charge in [0.1, 0.15) is 10.7 Å². The van der Waals surface area contributed by atoms with Gasteiger partial charge in [0.05, 0.1) is 30.0 Å². The summed E-state index contributed by atoms with van der Waals surface area (Å²) in [5.74, 6) is 1.27. The lowest BCUT2D eigenvalue weighted by molar-refractivity contribution is 0.294. The number of halogens is 1. The smallest absolute Gasteiger partial charge is 0.239 e. The monoisotopic (exact) mass is 430 g/mol. The number of nitrogens with two attached hydrogens (primary N) is 1. The van der Waals surface area contributed by atoms with Gasteiger partial charge in [0.25, 0.3) is 0 Å². The first-order valence-corrected chi connectivity index (χ1v) is 10.8. The molecule has 0 aliphatic carbocycles. The van der Waals surface area contributed by atoms with Crippen LogP contribution >= 0.6 is 23.8 Å². The summed E-state index contributed by atoms with van der Waals surface area (Å²) in [4.78, 5) is -0.198. The molecule has 0 atom stereocenters. The van der Waals surface area contributed by atoms with Gasteiger partial charge in [0.2, 0.25) is 10.0 Å². The van der Waals surface area contributed by atoms with Crippen molar-refractivity contribution in [1.82, 2.24) is 0 Å². The van der Waals surface area contributed by atoms with Gasteiger partial charge in [-0.15, -0.1) is 0 Å². The Labute approximate surface area is 170 Å². The molecule has 6 nitrogen and oxygen atoms in total. The fourth-order valence-corrected chi connectivity index (χ4v) is 3.77. The molecule has 1 aromatic heterocycles. The van der Waals surface area contributed by atoms with Crippen LogP contribution in [0.5, 0.6) is 0 Å². The fraction of sp³-hybridized carbons (Fsp3) is 0.389. The molecule has 1 heterocycles. The zero-order chi connectivity index (χ0) is 20.0. The molecule has 0 bridgehead atoms. The van der Waals surface area contributed by atoms with Gasteiger partial charge < -0.3 is 14.5 Å². The largest absolute Gasteiger partial charge is 0.483 e. The van der Waals surface area contributed by atoms with Crippen LogP contribution in [0.3, 0.4) is 0 Å². The van der Waals surface area contributed by atoms with Gasteiger partial charge in [0.15, 0.2) is 5.05 Å². The van der Waals surface area contributed by atoms with Crippen molar-refractivity contribution in [2.24, 2.45) is 11.1 Å². The lowest BCUT2D eigenvalue weighted by Crippen LogP contribution is -2.16. The Morgan fingerprint density at radius 1 is 1.41 bits per heavy atom. The highest BCUT2D eigenvalue weighted by atomic mass is 35.5. The highest BCUT2D eigenvalue weighted by Crippen LogP contribution is 2.29. The molecule has 2 aromatic rings. The molecule has 0 fully saturated rings. The lowest BCUT2D eigenvalue weighted by atomic mass is 10.1. The molecule has 0 saturated carbocycles. The number of hydrogen-bond donors (Lipinski definition) is 2. The molecule has 0 radical (unpaired) electrons. The standard InChI is InChI=1S/C18H23ClN2O4S2/c1-12(2)5-3-8-25-18(26)14-9-17(27(20,22)23)15(19)10-16(14)21-11-13-6-4-7-24-13/h4,6-7,9-10,12,21H,3,5,8,11H2,1-2H3,(H2,20,22,23). The van der Waals surface area contributed by atoms with E-state index < -0.39 is 10.0 Å². The van der Waals surface area contributed by atoms with Crippen molar-refractivity contribution in [3.8, 4) is 0 Å². The number of benzene rings is 1. The number of rotatable bonds is 9. The molecule has 9 heteroatoms. The van der Waals surface area contributed by atoms with Gasteiger partial charge in [-0.1, -0.05) is 25.4 Å². The number of primary sulfonamides is 1. The van der Waals surface area contributed by atoms with Gasteiger partial charge >= 0.3 is 0 Å². The number of anilines is 1. The number of ether oxygens (including phenoxy) is 1. The van der Waals surface area contributed by atoms with E-state index >= 15 is 0 Å². The van der Waals surface area contributed by atoms with Gasteiger partial charge in [0, 0.05) is 5.69 Å². The van der Waals surface area contributed by atoms with E-state index in [1.165, 1.54) is 12.1 Å². The average molecular weight is 431 g/mol. The summed E-state index contributed by atoms with van der Waals surface area (Å²) in [5, 5.41) is 8.58. The molecular weight excluding hydrogens is 408 g/mol. The van der Waals surface area contributed by atoms with E-state index in [0.717, 1.165) is 12.8 Å². The van der Waals surface area contributed by atoms with Crippen molar-refractivity contribution < 1.29 is 17.6 Å². The topological polar surface area (TPSA) is 94.6 Å². The van der Waals surface area contributed by atoms with Crippen molar-refractivity contribution in [2.75, 3.05) is 11.9 Å². The maximum absolute atomic E-state index is 11.8. The molecule has 0 unspecified atom stereocenters. The molecule has 2 rings (SSSR count). The van der Waals surface area contributed by atoms with Crippen molar-refractivity contribution in [3.63, 3.8) is 0 Å². The van der Waals surface area contributed by atoms with E-state index in [1.807, 2.05) is 6.07 Å². The number of hydrogen-bond acceptors (Lipinski definition) is 6. The molecule has 1 aromatic carbocycles. The maximum atomic E-state index is 11.8. The highest BCUT2D eigenvalue weighted by Gasteiger charge is 2.20. The first-order valence-electron chi connectivity index (χ1n) is 8.48. The Bertz CT molecular complexity index is 881. The molecule has 0 spiro atoms. The van der Waals surface area contributed by atoms with E-state index in [2.05, 4.69) is 19.2 Å². The average Bonchev–Trinajstić information content (AvgIpc) is 3.08. The zero-order valence-corrected chi connectivity index (χ0v) is 17.6. The minimum atomic E-state index is -3.99. The second-order valence-electron chi connectivity index (χ2n) is 6.48. The van der Waals surface area contributed by atoms with E-state index in [4.69, 9.17) is 38.1 Å². The first-order chi connectivity index (χ1) is 12.7. The van der Waals surface area contributed by atoms with Crippen molar-refractivity contribution in [2.45, 2.75) is 38.1 Å². The van der Waals surface area contributed by atoms with Gasteiger partial charge in [-0.3, -0.25) is 0 Å². The second kappa shape index (κ2) is 9.54. The lowest BCUT2D eigenvalue weighted by Gasteiger charge is -2.16. The van der Waals surface area contributed by atoms with Crippen LogP contribution in [0.1, 0.15) is 38.0 Å². The summed E-state index contributed by atoms with van der Waals surface area (Å²) in [6.45, 7) is 5.09. The quantitative estimate of drug-likeness (QED) is 0.454. The Morgan fingerprint density at radius 2 is 2.15 bits per heavy atom. The molecule has 27 heavy (non-hydrogen) atoms. The van der Waals surface area contributed by atoms with Crippen LogP contribution in [0.15, 0.2) is 39.8 Å². The van der Waals surface area contributed by atoms with Gasteiger partial charge in [-0.05, 0) is 55.2 Å². The molecule has 0 amide bonds. The number of nitrogens with one attached hydrogen (secondary N) is 1. The van der Waals surface area contributed by atoms with Crippen molar-refractivity contribution in [1.29, 1.82) is 0 Å². The summed E-state index contributed by atoms with van der Waals surface area (Å²) in [6, 6.07) is 6.40. The highest BCUT2D eigenvalue weighted by molar-refractivity contribution is 7.89. The molecule has 148 valence electrons. The molecule has 0 saturated heterocycles. The predicted octanol–water partition coefficient (Wildman–Crippen LogP) is 4.32. The van der Waals surface area contributed by atoms with Crippen LogP contribution < -0.4 is 10.5 Å². The van der Waals surface area contributed by atoms with E-state index in [1.54, 1.807) is 12.3 Å². The Kier molecular flexibility index (Phi) is 7.67. The first kappa shape index (κ1) is 21.7. The number of thiocarbonyl (C=S) groups is 1. The minimum Gasteiger partial charge on any atom is -0.483 e. The molecule has 3 N–H and O–H groups in total. The third-order valence-electron chi connectivity index (χ3n) is 3.79. The zero-order valence-electron chi connectivity index (χ0n) is 15.2. The molecule has 0 aliphatic rings. The summed E-state index contributed by atoms with van der Waals surface area (Å²) in [7, 11) is -3.99. The third-order valence-corrected chi connectivity index (χ3v) is 5.50. The van der Waals surface area contributed by atoms with Gasteiger partial charge in [-0.25, -0.2) is 13.6 Å². The Balaban J connectivity index is 2.25. The Morgan fingerprint density at radius 3 is 2.74 bits per heavy atom. The number of furan rings is 1. The Hall–Kier alpha value is -1.61. The molecule has 0 aliphatic heterocycles. The van der Waals surface area contributed by atoms with Crippen LogP contribution in [0.2, 0.25) is 5.02 Å². The van der Waals surface area contributed by atoms with Crippen molar-refractivity contribution in [3.05, 3.63) is 46.9 Å². The van der Waals surface area contributed by atoms with Crippen molar-refractivity contribution >= 4 is 44.6 Å². The normalized spacial score (nSPS) is 11.6. The minimum absolute atomic E-state index is 0.00537. The van der Waals surface area contributed by atoms with Crippen LogP contribution in [0.4, 0.5) is 5.69 Å². The second-order valence-corrected chi connectivity index (χ2v) is 8.79. The van der Waals surface area contributed by atoms with Crippen LogP contribution in [-0.2, 0) is 21.3 Å². The summed E-state index contributed by atoms with van der Waals surface area (Å²) in [6.07, 6.45) is 3.43. The van der Waals surface area contributed by atoms with E-state index in [0.29, 0.717) is 36.1 Å². The third kappa shape index (κ3) is 6.49. The van der Waals surface area contributed by atoms with E-state index in [9.17, 15) is 8.42 Å². The summed E-state index contributed by atoms with van der Waals surface area (Å²) >= 11 is 11.5. The summed E-state index contributed by atoms with van der Waals surface area (Å²) in [5.41, 5.74) is 0.951. The fourth-order valence-electron chi connectivity index (χ4n) is 2.42.